The van der Waals surface area contributed by atoms with Gasteiger partial charge in [-0.15, -0.1) is 6.58 Å². The highest BCUT2D eigenvalue weighted by Crippen LogP contribution is 2.48. The van der Waals surface area contributed by atoms with Crippen molar-refractivity contribution in [1.82, 2.24) is 5.32 Å². The minimum Gasteiger partial charge on any atom is -0.462 e. The molecule has 0 saturated carbocycles. The Morgan fingerprint density at radius 2 is 1.02 bits per heavy atom. The predicted octanol–water partition coefficient (Wildman–Crippen LogP) is 17.4. The highest BCUT2D eigenvalue weighted by Gasteiger charge is 2.53. The Hall–Kier alpha value is -4.19. The van der Waals surface area contributed by atoms with Gasteiger partial charge in [0.2, 0.25) is 5.91 Å². The minimum atomic E-state index is -4.12. The maximum atomic E-state index is 15.8. The third-order valence-electron chi connectivity index (χ3n) is 15.9. The van der Waals surface area contributed by atoms with Gasteiger partial charge in [-0.25, -0.2) is 4.39 Å². The highest BCUT2D eigenvalue weighted by molar-refractivity contribution is 7.74. The molecular formula is C70H109FNO10P. The van der Waals surface area contributed by atoms with Gasteiger partial charge < -0.3 is 33.5 Å². The zero-order valence-corrected chi connectivity index (χ0v) is 52.5. The topological polar surface area (TPSA) is 136 Å². The van der Waals surface area contributed by atoms with Crippen LogP contribution in [0.1, 0.15) is 245 Å². The molecule has 83 heavy (non-hydrogen) atoms. The van der Waals surface area contributed by atoms with Crippen molar-refractivity contribution in [2.45, 2.75) is 289 Å². The molecule has 466 valence electrons. The lowest BCUT2D eigenvalue weighted by Crippen LogP contribution is -2.66. The average molecular weight is 1170 g/mol. The number of rotatable bonds is 50. The Morgan fingerprint density at radius 3 is 1.49 bits per heavy atom. The van der Waals surface area contributed by atoms with E-state index in [-0.39, 0.29) is 31.8 Å². The lowest BCUT2D eigenvalue weighted by atomic mass is 9.96. The van der Waals surface area contributed by atoms with Gasteiger partial charge in [-0.3, -0.25) is 18.9 Å². The van der Waals surface area contributed by atoms with Crippen molar-refractivity contribution in [2.75, 3.05) is 13.3 Å². The van der Waals surface area contributed by atoms with Gasteiger partial charge >= 0.3 is 11.9 Å². The number of unbranched alkanes of at least 4 members (excludes halogenated alkanes) is 26. The molecule has 11 nitrogen and oxygen atoms in total. The van der Waals surface area contributed by atoms with Crippen LogP contribution in [0.4, 0.5) is 4.39 Å². The minimum absolute atomic E-state index is 0.0460. The van der Waals surface area contributed by atoms with E-state index in [9.17, 15) is 14.4 Å². The summed E-state index contributed by atoms with van der Waals surface area (Å²) >= 11 is 0. The third kappa shape index (κ3) is 29.6. The molecule has 0 radical (unpaired) electrons. The summed E-state index contributed by atoms with van der Waals surface area (Å²) in [6.45, 7) is 9.63. The van der Waals surface area contributed by atoms with E-state index in [0.29, 0.717) is 36.5 Å². The largest absolute Gasteiger partial charge is 0.462 e. The number of carbonyl (C=O) groups is 3. The molecule has 0 spiro atoms. The molecule has 0 aliphatic carbocycles. The van der Waals surface area contributed by atoms with Gasteiger partial charge in [0, 0.05) is 17.0 Å². The number of halogens is 1. The van der Waals surface area contributed by atoms with E-state index in [0.717, 1.165) is 69.8 Å². The summed E-state index contributed by atoms with van der Waals surface area (Å²) in [5, 5.41) is 3.76. The van der Waals surface area contributed by atoms with Crippen molar-refractivity contribution in [1.29, 1.82) is 0 Å². The number of carbonyl (C=O) groups excluding carboxylic acids is 3. The molecule has 1 aliphatic heterocycles. The average Bonchev–Trinajstić information content (AvgIpc) is 3.56. The Balaban J connectivity index is 1.63. The van der Waals surface area contributed by atoms with E-state index in [1.54, 1.807) is 60.7 Å². The van der Waals surface area contributed by atoms with Crippen LogP contribution in [0.2, 0.25) is 0 Å². The normalized spacial score (nSPS) is 17.9. The number of hydrogen-bond donors (Lipinski definition) is 1. The van der Waals surface area contributed by atoms with Gasteiger partial charge in [0.15, 0.2) is 12.4 Å². The second kappa shape index (κ2) is 45.2. The third-order valence-corrected chi connectivity index (χ3v) is 18.4. The molecule has 13 heteroatoms. The molecule has 4 rings (SSSR count). The summed E-state index contributed by atoms with van der Waals surface area (Å²) in [7, 11) is -4.12. The summed E-state index contributed by atoms with van der Waals surface area (Å²) in [4.78, 5) is 43.2. The first-order valence-corrected chi connectivity index (χ1v) is 34.4. The van der Waals surface area contributed by atoms with Crippen molar-refractivity contribution >= 4 is 35.8 Å². The fourth-order valence-electron chi connectivity index (χ4n) is 11.1. The fourth-order valence-corrected chi connectivity index (χ4v) is 13.3. The number of esters is 2. The first-order valence-electron chi connectivity index (χ1n) is 32.8. The Labute approximate surface area is 501 Å². The van der Waals surface area contributed by atoms with Crippen LogP contribution in [0.25, 0.3) is 0 Å². The maximum absolute atomic E-state index is 15.8. The lowest BCUT2D eigenvalue weighted by molar-refractivity contribution is -0.263. The van der Waals surface area contributed by atoms with Gasteiger partial charge in [0.05, 0.1) is 32.2 Å². The first-order chi connectivity index (χ1) is 40.6. The molecule has 1 saturated heterocycles. The monoisotopic (exact) mass is 1170 g/mol. The highest BCUT2D eigenvalue weighted by atomic mass is 31.2. The van der Waals surface area contributed by atoms with Gasteiger partial charge in [-0.1, -0.05) is 267 Å². The quantitative estimate of drug-likeness (QED) is 0.0252. The summed E-state index contributed by atoms with van der Waals surface area (Å²) in [5.41, 5.74) is 0.977. The van der Waals surface area contributed by atoms with E-state index in [2.05, 4.69) is 32.7 Å². The Morgan fingerprint density at radius 1 is 0.578 bits per heavy atom. The smallest absolute Gasteiger partial charge is 0.310 e. The van der Waals surface area contributed by atoms with Crippen molar-refractivity contribution < 1.29 is 51.5 Å². The molecule has 0 aromatic heterocycles. The van der Waals surface area contributed by atoms with Crippen LogP contribution in [0.15, 0.2) is 104 Å². The summed E-state index contributed by atoms with van der Waals surface area (Å²) in [5.74, 6) is -1.55. The molecule has 0 unspecified atom stereocenters. The summed E-state index contributed by atoms with van der Waals surface area (Å²) in [6.07, 6.45) is 28.3. The number of benzene rings is 3. The molecule has 1 amide bonds. The van der Waals surface area contributed by atoms with Crippen LogP contribution in [0.5, 0.6) is 0 Å². The van der Waals surface area contributed by atoms with Crippen LogP contribution in [-0.4, -0.2) is 74.0 Å². The number of ether oxygens (including phenoxy) is 5. The van der Waals surface area contributed by atoms with Crippen molar-refractivity contribution in [3.63, 3.8) is 0 Å². The molecule has 0 bridgehead atoms. The molecule has 7 atom stereocenters. The summed E-state index contributed by atoms with van der Waals surface area (Å²) in [6, 6.07) is 25.9. The molecule has 3 aromatic rings. The van der Waals surface area contributed by atoms with Crippen LogP contribution < -0.4 is 15.9 Å². The van der Waals surface area contributed by atoms with Gasteiger partial charge in [0.25, 0.3) is 7.37 Å². The van der Waals surface area contributed by atoms with Crippen LogP contribution in [-0.2, 0) is 53.8 Å². The molecular weight excluding hydrogens is 1060 g/mol. The first kappa shape index (κ1) is 71.3. The SMILES string of the molecule is C=CCO[C@H]1O[C@H](CF)[C@@H](OP(=O)(c2ccccc2)c2ccccc2)[C@H](OC(=O)C[C@@H](CCCCCCCCCCC)OC(=O)CCCCCCCCCCCCC)[C@H]1NC(=O)C[C@H](CCCCCCCCCCC)OCc1ccccc1. The Kier molecular flexibility index (Phi) is 38.8. The number of amides is 1. The zero-order valence-electron chi connectivity index (χ0n) is 51.6. The molecule has 3 aromatic carbocycles. The standard InChI is InChI=1S/C70H109FNO10P/c1-5-9-12-15-18-21-22-25-28-31-43-52-65(74)79-60(47-38-30-27-24-20-17-14-11-7-3)55-66(75)81-69-67(72-64(73)54-59(78-57-58-44-35-32-36-45-58)46-37-29-26-23-19-16-13-10-6-2)70(77-53-8-4)80-63(56-71)68(69)82-83(76,61-48-39-33-40-49-61)62-50-41-34-42-51-62/h8,32-36,39-42,44-45,48-51,59-60,63,67-70H,4-7,9-31,37-38,43,46-47,52-57H2,1-3H3,(H,72,73)/t59-,60+,63+,67+,68+,69+,70-/m0/s1. The number of nitrogens with one attached hydrogen (secondary N) is 1. The van der Waals surface area contributed by atoms with E-state index in [4.69, 9.17) is 28.2 Å². The predicted molar refractivity (Wildman–Crippen MR) is 336 cm³/mol. The zero-order chi connectivity index (χ0) is 59.4. The maximum Gasteiger partial charge on any atom is 0.310 e. The second-order valence-electron chi connectivity index (χ2n) is 23.1. The molecule has 1 heterocycles. The van der Waals surface area contributed by atoms with E-state index >= 15 is 8.96 Å². The molecule has 1 N–H and O–H groups in total. The van der Waals surface area contributed by atoms with E-state index in [1.807, 2.05) is 30.3 Å². The second-order valence-corrected chi connectivity index (χ2v) is 25.5. The van der Waals surface area contributed by atoms with E-state index < -0.39 is 68.8 Å². The fraction of sp³-hybridized carbons (Fsp3) is 0.671. The van der Waals surface area contributed by atoms with Crippen molar-refractivity contribution in [3.8, 4) is 0 Å². The van der Waals surface area contributed by atoms with Gasteiger partial charge in [-0.05, 0) is 55.5 Å². The summed E-state index contributed by atoms with van der Waals surface area (Å²) < 4.78 is 70.1. The van der Waals surface area contributed by atoms with Crippen molar-refractivity contribution in [3.05, 3.63) is 109 Å². The van der Waals surface area contributed by atoms with E-state index in [1.165, 1.54) is 122 Å². The lowest BCUT2D eigenvalue weighted by Gasteiger charge is -2.46. The molecule has 1 aliphatic rings. The van der Waals surface area contributed by atoms with Crippen LogP contribution in [0.3, 0.4) is 0 Å². The van der Waals surface area contributed by atoms with Gasteiger partial charge in [-0.2, -0.15) is 0 Å². The number of hydrogen-bond acceptors (Lipinski definition) is 10. The van der Waals surface area contributed by atoms with Crippen LogP contribution in [0, 0.1) is 0 Å². The van der Waals surface area contributed by atoms with Crippen LogP contribution >= 0.6 is 7.37 Å². The molecule has 1 fully saturated rings. The van der Waals surface area contributed by atoms with Gasteiger partial charge in [0.1, 0.15) is 31.0 Å². The number of alkyl halides is 1. The van der Waals surface area contributed by atoms with Crippen molar-refractivity contribution in [2.24, 2.45) is 0 Å². The Bertz CT molecular complexity index is 2130.